The minimum atomic E-state index is -4.13. The van der Waals surface area contributed by atoms with Crippen molar-refractivity contribution >= 4 is 27.5 Å². The van der Waals surface area contributed by atoms with Crippen molar-refractivity contribution in [2.75, 3.05) is 18.0 Å². The summed E-state index contributed by atoms with van der Waals surface area (Å²) in [7, 11) is -2.63. The van der Waals surface area contributed by atoms with E-state index < -0.39 is 34.1 Å². The zero-order chi connectivity index (χ0) is 28.8. The average Bonchev–Trinajstić information content (AvgIpc) is 2.89. The van der Waals surface area contributed by atoms with Gasteiger partial charge in [0.05, 0.1) is 17.7 Å². The van der Waals surface area contributed by atoms with Gasteiger partial charge in [-0.25, -0.2) is 8.42 Å². The molecule has 0 aliphatic rings. The zero-order valence-electron chi connectivity index (χ0n) is 23.3. The number of para-hydroxylation sites is 1. The smallest absolute Gasteiger partial charge is 0.264 e. The van der Waals surface area contributed by atoms with Crippen LogP contribution in [0.15, 0.2) is 83.8 Å². The largest absolute Gasteiger partial charge is 0.497 e. The molecule has 2 amide bonds. The highest BCUT2D eigenvalue weighted by Gasteiger charge is 2.33. The van der Waals surface area contributed by atoms with Gasteiger partial charge in [0.15, 0.2) is 0 Å². The minimum Gasteiger partial charge on any atom is -0.497 e. The molecule has 0 bridgehead atoms. The van der Waals surface area contributed by atoms with Gasteiger partial charge < -0.3 is 15.0 Å². The normalized spacial score (nSPS) is 12.4. The minimum absolute atomic E-state index is 0.0173. The van der Waals surface area contributed by atoms with Gasteiger partial charge in [0.2, 0.25) is 11.8 Å². The first-order chi connectivity index (χ1) is 18.3. The van der Waals surface area contributed by atoms with Crippen LogP contribution in [0, 0.1) is 6.92 Å². The molecule has 0 unspecified atom stereocenters. The maximum Gasteiger partial charge on any atom is 0.264 e. The Balaban J connectivity index is 2.01. The summed E-state index contributed by atoms with van der Waals surface area (Å²) in [6.07, 6.45) is 0. The summed E-state index contributed by atoms with van der Waals surface area (Å²) < 4.78 is 33.9. The molecule has 0 fully saturated rings. The Hall–Kier alpha value is -3.85. The van der Waals surface area contributed by atoms with Gasteiger partial charge in [0.1, 0.15) is 18.3 Å². The summed E-state index contributed by atoms with van der Waals surface area (Å²) >= 11 is 0. The van der Waals surface area contributed by atoms with Crippen LogP contribution in [0.5, 0.6) is 5.75 Å². The third-order valence-corrected chi connectivity index (χ3v) is 7.86. The van der Waals surface area contributed by atoms with Crippen LogP contribution in [0.3, 0.4) is 0 Å². The first-order valence-electron chi connectivity index (χ1n) is 12.7. The number of carbonyl (C=O) groups excluding carboxylic acids is 2. The summed E-state index contributed by atoms with van der Waals surface area (Å²) in [6.45, 7) is 8.85. The van der Waals surface area contributed by atoms with Gasteiger partial charge in [-0.1, -0.05) is 48.0 Å². The van der Waals surface area contributed by atoms with Crippen LogP contribution in [-0.4, -0.2) is 50.4 Å². The fourth-order valence-electron chi connectivity index (χ4n) is 4.06. The van der Waals surface area contributed by atoms with E-state index >= 15 is 0 Å². The van der Waals surface area contributed by atoms with E-state index in [1.165, 1.54) is 24.1 Å². The number of methoxy groups -OCH3 is 1. The SMILES string of the molecule is COc1ccc(S(=O)(=O)N(CC(=O)N(Cc2cccc(C)c2)[C@H](C)C(=O)NC(C)(C)C)c2ccccc2)cc1. The van der Waals surface area contributed by atoms with Crippen LogP contribution in [0.25, 0.3) is 0 Å². The fraction of sp³-hybridized carbons (Fsp3) is 0.333. The van der Waals surface area contributed by atoms with Crippen molar-refractivity contribution in [1.29, 1.82) is 0 Å². The Morgan fingerprint density at radius 2 is 1.59 bits per heavy atom. The van der Waals surface area contributed by atoms with Crippen molar-refractivity contribution in [1.82, 2.24) is 10.2 Å². The molecule has 0 aliphatic carbocycles. The van der Waals surface area contributed by atoms with Crippen LogP contribution in [0.2, 0.25) is 0 Å². The number of nitrogens with one attached hydrogen (secondary N) is 1. The molecule has 39 heavy (non-hydrogen) atoms. The van der Waals surface area contributed by atoms with Gasteiger partial charge in [-0.05, 0) is 76.6 Å². The Kier molecular flexibility index (Phi) is 9.40. The van der Waals surface area contributed by atoms with E-state index in [9.17, 15) is 18.0 Å². The van der Waals surface area contributed by atoms with E-state index in [1.54, 1.807) is 49.4 Å². The predicted molar refractivity (Wildman–Crippen MR) is 153 cm³/mol. The molecule has 0 aromatic heterocycles. The van der Waals surface area contributed by atoms with Gasteiger partial charge in [-0.3, -0.25) is 13.9 Å². The Morgan fingerprint density at radius 1 is 0.949 bits per heavy atom. The van der Waals surface area contributed by atoms with E-state index in [1.807, 2.05) is 52.0 Å². The molecule has 3 aromatic rings. The molecule has 0 spiro atoms. The third-order valence-electron chi connectivity index (χ3n) is 6.07. The predicted octanol–water partition coefficient (Wildman–Crippen LogP) is 4.53. The van der Waals surface area contributed by atoms with Crippen molar-refractivity contribution in [2.45, 2.75) is 57.6 Å². The first kappa shape index (κ1) is 29.7. The van der Waals surface area contributed by atoms with E-state index in [-0.39, 0.29) is 17.3 Å². The standard InChI is InChI=1S/C30H37N3O5S/c1-22-11-10-12-24(19-22)20-32(23(2)29(35)31-30(3,4)5)28(34)21-33(25-13-8-7-9-14-25)39(36,37)27-17-15-26(38-6)16-18-27/h7-19,23H,20-21H2,1-6H3,(H,31,35)/t23-/m1/s1. The third kappa shape index (κ3) is 7.83. The number of anilines is 1. The average molecular weight is 552 g/mol. The van der Waals surface area contributed by atoms with Gasteiger partial charge >= 0.3 is 0 Å². The number of benzene rings is 3. The topological polar surface area (TPSA) is 96.0 Å². The van der Waals surface area contributed by atoms with Crippen LogP contribution in [-0.2, 0) is 26.2 Å². The molecule has 208 valence electrons. The second kappa shape index (κ2) is 12.3. The first-order valence-corrected chi connectivity index (χ1v) is 14.1. The molecule has 9 heteroatoms. The number of sulfonamides is 1. The van der Waals surface area contributed by atoms with Crippen LogP contribution in [0.1, 0.15) is 38.8 Å². The highest BCUT2D eigenvalue weighted by molar-refractivity contribution is 7.92. The van der Waals surface area contributed by atoms with Crippen molar-refractivity contribution < 1.29 is 22.7 Å². The molecular weight excluding hydrogens is 514 g/mol. The number of ether oxygens (including phenoxy) is 1. The van der Waals surface area contributed by atoms with E-state index in [2.05, 4.69) is 5.32 Å². The van der Waals surface area contributed by atoms with Crippen molar-refractivity contribution in [2.24, 2.45) is 0 Å². The summed E-state index contributed by atoms with van der Waals surface area (Å²) in [4.78, 5) is 28.5. The highest BCUT2D eigenvalue weighted by atomic mass is 32.2. The number of hydrogen-bond donors (Lipinski definition) is 1. The van der Waals surface area contributed by atoms with Gasteiger partial charge in [-0.15, -0.1) is 0 Å². The van der Waals surface area contributed by atoms with Crippen molar-refractivity contribution in [3.05, 3.63) is 90.0 Å². The lowest BCUT2D eigenvalue weighted by molar-refractivity contribution is -0.140. The Morgan fingerprint density at radius 3 is 2.15 bits per heavy atom. The second-order valence-corrected chi connectivity index (χ2v) is 12.3. The number of nitrogens with zero attached hydrogens (tertiary/aromatic N) is 2. The molecule has 0 radical (unpaired) electrons. The van der Waals surface area contributed by atoms with E-state index in [0.717, 1.165) is 15.4 Å². The van der Waals surface area contributed by atoms with Crippen LogP contribution < -0.4 is 14.4 Å². The fourth-order valence-corrected chi connectivity index (χ4v) is 5.48. The maximum atomic E-state index is 13.9. The van der Waals surface area contributed by atoms with Gasteiger partial charge in [0, 0.05) is 12.1 Å². The molecule has 0 saturated carbocycles. The number of aryl methyl sites for hydroxylation is 1. The number of carbonyl (C=O) groups is 2. The summed E-state index contributed by atoms with van der Waals surface area (Å²) in [5.74, 6) is -0.318. The summed E-state index contributed by atoms with van der Waals surface area (Å²) in [5, 5.41) is 2.93. The molecule has 0 saturated heterocycles. The lowest BCUT2D eigenvalue weighted by atomic mass is 10.1. The van der Waals surface area contributed by atoms with Crippen LogP contribution >= 0.6 is 0 Å². The number of rotatable bonds is 10. The number of amides is 2. The van der Waals surface area contributed by atoms with Crippen molar-refractivity contribution in [3.8, 4) is 5.75 Å². The lowest BCUT2D eigenvalue weighted by Crippen LogP contribution is -2.54. The van der Waals surface area contributed by atoms with E-state index in [4.69, 9.17) is 4.74 Å². The number of hydrogen-bond acceptors (Lipinski definition) is 5. The van der Waals surface area contributed by atoms with E-state index in [0.29, 0.717) is 11.4 Å². The maximum absolute atomic E-state index is 13.9. The summed E-state index contributed by atoms with van der Waals surface area (Å²) in [5.41, 5.74) is 1.68. The quantitative estimate of drug-likeness (QED) is 0.399. The Bertz CT molecular complexity index is 1380. The molecular formula is C30H37N3O5S. The molecule has 1 N–H and O–H groups in total. The lowest BCUT2D eigenvalue weighted by Gasteiger charge is -2.33. The van der Waals surface area contributed by atoms with Gasteiger partial charge in [-0.2, -0.15) is 0 Å². The monoisotopic (exact) mass is 551 g/mol. The zero-order valence-corrected chi connectivity index (χ0v) is 24.2. The van der Waals surface area contributed by atoms with Crippen molar-refractivity contribution in [3.63, 3.8) is 0 Å². The molecule has 8 nitrogen and oxygen atoms in total. The highest BCUT2D eigenvalue weighted by Crippen LogP contribution is 2.26. The molecule has 3 rings (SSSR count). The summed E-state index contributed by atoms with van der Waals surface area (Å²) in [6, 6.07) is 21.3. The second-order valence-electron chi connectivity index (χ2n) is 10.4. The van der Waals surface area contributed by atoms with Gasteiger partial charge in [0.25, 0.3) is 10.0 Å². The molecule has 1 atom stereocenters. The molecule has 0 aliphatic heterocycles. The molecule has 0 heterocycles. The van der Waals surface area contributed by atoms with Crippen LogP contribution in [0.4, 0.5) is 5.69 Å². The Labute approximate surface area is 231 Å². The molecule has 3 aromatic carbocycles.